The smallest absolute Gasteiger partial charge is 1.00 e. The summed E-state index contributed by atoms with van der Waals surface area (Å²) in [6.45, 7) is 4.17. The number of hydrogen-bond acceptors (Lipinski definition) is 3. The van der Waals surface area contributed by atoms with E-state index < -0.39 is 0 Å². The van der Waals surface area contributed by atoms with Crippen molar-refractivity contribution >= 4 is 0 Å². The molecule has 1 aromatic heterocycles. The largest absolute Gasteiger partial charge is 1.00 e. The molecule has 0 aliphatic carbocycles. The third-order valence-electron chi connectivity index (χ3n) is 1.52. The molecule has 1 heterocycles. The van der Waals surface area contributed by atoms with E-state index >= 15 is 0 Å². The fourth-order valence-electron chi connectivity index (χ4n) is 0.907. The van der Waals surface area contributed by atoms with Gasteiger partial charge in [-0.3, -0.25) is 0 Å². The molecule has 1 aromatic rings. The van der Waals surface area contributed by atoms with Gasteiger partial charge in [-0.05, 0) is 23.6 Å². The van der Waals surface area contributed by atoms with Crippen molar-refractivity contribution in [2.45, 2.75) is 26.7 Å². The topological polar surface area (TPSA) is 38.7 Å². The third kappa shape index (κ3) is 3.25. The van der Waals surface area contributed by atoms with Crippen molar-refractivity contribution < 1.29 is 52.8 Å². The summed E-state index contributed by atoms with van der Waals surface area (Å²) in [5.74, 6) is 0. The first-order chi connectivity index (χ1) is 4.88. The second-order valence-corrected chi connectivity index (χ2v) is 2.11. The second-order valence-electron chi connectivity index (χ2n) is 2.11. The summed E-state index contributed by atoms with van der Waals surface area (Å²) in [5.41, 5.74) is 2.27. The average Bonchev–Trinajstić information content (AvgIpc) is 2.04. The standard InChI is InChI=1S/C7H11N3.K.H/c1-3-6-5-8-10-9-7(6)4-2;;/h5H,3-4H2,1-2H3;;/q;+1;-1. The predicted molar refractivity (Wildman–Crippen MR) is 39.7 cm³/mol. The van der Waals surface area contributed by atoms with Crippen LogP contribution in [-0.4, -0.2) is 15.4 Å². The van der Waals surface area contributed by atoms with Crippen LogP contribution in [0.25, 0.3) is 0 Å². The summed E-state index contributed by atoms with van der Waals surface area (Å²) in [4.78, 5) is 0. The normalized spacial score (nSPS) is 8.91. The summed E-state index contributed by atoms with van der Waals surface area (Å²) in [7, 11) is 0. The summed E-state index contributed by atoms with van der Waals surface area (Å²) in [6.07, 6.45) is 3.72. The van der Waals surface area contributed by atoms with Gasteiger partial charge in [0, 0.05) is 0 Å². The Hall–Kier alpha value is 0.646. The molecule has 0 bridgehead atoms. The molecule has 0 aliphatic rings. The van der Waals surface area contributed by atoms with Gasteiger partial charge in [-0.2, -0.15) is 0 Å². The molecule has 1 rings (SSSR count). The summed E-state index contributed by atoms with van der Waals surface area (Å²) in [6, 6.07) is 0. The van der Waals surface area contributed by atoms with Crippen molar-refractivity contribution in [1.29, 1.82) is 0 Å². The molecule has 0 saturated heterocycles. The van der Waals surface area contributed by atoms with Crippen molar-refractivity contribution in [3.63, 3.8) is 0 Å². The van der Waals surface area contributed by atoms with Crippen LogP contribution in [0, 0.1) is 0 Å². The van der Waals surface area contributed by atoms with Crippen LogP contribution in [0.4, 0.5) is 0 Å². The van der Waals surface area contributed by atoms with E-state index in [-0.39, 0.29) is 52.8 Å². The van der Waals surface area contributed by atoms with Gasteiger partial charge in [-0.15, -0.1) is 10.2 Å². The number of rotatable bonds is 2. The van der Waals surface area contributed by atoms with Crippen molar-refractivity contribution in [1.82, 2.24) is 15.4 Å². The predicted octanol–water partition coefficient (Wildman–Crippen LogP) is -1.89. The van der Waals surface area contributed by atoms with Gasteiger partial charge in [0.15, 0.2) is 0 Å². The quantitative estimate of drug-likeness (QED) is 0.496. The van der Waals surface area contributed by atoms with Gasteiger partial charge in [0.05, 0.1) is 11.9 Å². The van der Waals surface area contributed by atoms with E-state index in [0.717, 1.165) is 18.5 Å². The Morgan fingerprint density at radius 1 is 1.36 bits per heavy atom. The monoisotopic (exact) mass is 177 g/mol. The van der Waals surface area contributed by atoms with Gasteiger partial charge in [0.1, 0.15) is 0 Å². The Balaban J connectivity index is 0. The second kappa shape index (κ2) is 6.19. The van der Waals surface area contributed by atoms with Gasteiger partial charge in [0.2, 0.25) is 0 Å². The molecule has 4 heteroatoms. The minimum absolute atomic E-state index is 0. The molecule has 0 atom stereocenters. The zero-order valence-corrected chi connectivity index (χ0v) is 10.5. The minimum atomic E-state index is 0. The van der Waals surface area contributed by atoms with Crippen LogP contribution in [0.5, 0.6) is 0 Å². The molecule has 0 aliphatic heterocycles. The molecule has 0 spiro atoms. The number of hydrogen-bond donors (Lipinski definition) is 0. The van der Waals surface area contributed by atoms with E-state index in [2.05, 4.69) is 29.3 Å². The zero-order valence-electron chi connectivity index (χ0n) is 8.33. The summed E-state index contributed by atoms with van der Waals surface area (Å²) in [5, 5.41) is 11.2. The number of aromatic nitrogens is 3. The first kappa shape index (κ1) is 11.6. The molecule has 0 unspecified atom stereocenters. The van der Waals surface area contributed by atoms with Crippen LogP contribution >= 0.6 is 0 Å². The molecule has 0 aromatic carbocycles. The maximum Gasteiger partial charge on any atom is 1.00 e. The van der Waals surface area contributed by atoms with E-state index in [0.29, 0.717) is 0 Å². The Morgan fingerprint density at radius 3 is 2.55 bits per heavy atom. The van der Waals surface area contributed by atoms with Gasteiger partial charge in [-0.1, -0.05) is 13.8 Å². The molecule has 0 radical (unpaired) electrons. The van der Waals surface area contributed by atoms with E-state index in [4.69, 9.17) is 0 Å². The van der Waals surface area contributed by atoms with Crippen LogP contribution < -0.4 is 51.4 Å². The summed E-state index contributed by atoms with van der Waals surface area (Å²) < 4.78 is 0. The van der Waals surface area contributed by atoms with Crippen molar-refractivity contribution in [2.24, 2.45) is 0 Å². The van der Waals surface area contributed by atoms with Gasteiger partial charge < -0.3 is 1.43 Å². The Kier molecular flexibility index (Phi) is 6.56. The average molecular weight is 177 g/mol. The maximum atomic E-state index is 3.91. The fourth-order valence-corrected chi connectivity index (χ4v) is 0.907. The molecule has 0 N–H and O–H groups in total. The Labute approximate surface area is 111 Å². The molecule has 0 amide bonds. The summed E-state index contributed by atoms with van der Waals surface area (Å²) >= 11 is 0. The van der Waals surface area contributed by atoms with Crippen LogP contribution in [0.3, 0.4) is 0 Å². The van der Waals surface area contributed by atoms with Crippen molar-refractivity contribution in [2.75, 3.05) is 0 Å². The third-order valence-corrected chi connectivity index (χ3v) is 1.52. The molecule has 11 heavy (non-hydrogen) atoms. The van der Waals surface area contributed by atoms with Crippen LogP contribution in [0.15, 0.2) is 6.20 Å². The first-order valence-electron chi connectivity index (χ1n) is 3.54. The SMILES string of the molecule is CCc1cnnnc1CC.[H-].[K+]. The molecule has 0 saturated carbocycles. The molecule has 56 valence electrons. The van der Waals surface area contributed by atoms with Gasteiger partial charge in [-0.25, -0.2) is 0 Å². The minimum Gasteiger partial charge on any atom is -1.00 e. The number of nitrogens with zero attached hydrogens (tertiary/aromatic N) is 3. The molecular weight excluding hydrogens is 165 g/mol. The fraction of sp³-hybridized carbons (Fsp3) is 0.571. The molecule has 0 fully saturated rings. The number of aryl methyl sites for hydroxylation is 2. The Morgan fingerprint density at radius 2 is 2.09 bits per heavy atom. The van der Waals surface area contributed by atoms with E-state index in [1.807, 2.05) is 0 Å². The van der Waals surface area contributed by atoms with E-state index in [9.17, 15) is 0 Å². The molecular formula is C7H12KN3. The van der Waals surface area contributed by atoms with Gasteiger partial charge in [0.25, 0.3) is 0 Å². The molecule has 3 nitrogen and oxygen atoms in total. The maximum absolute atomic E-state index is 3.91. The van der Waals surface area contributed by atoms with Gasteiger partial charge >= 0.3 is 51.4 Å². The van der Waals surface area contributed by atoms with Crippen LogP contribution in [0.1, 0.15) is 26.5 Å². The van der Waals surface area contributed by atoms with Crippen LogP contribution in [0.2, 0.25) is 0 Å². The van der Waals surface area contributed by atoms with Crippen molar-refractivity contribution in [3.05, 3.63) is 17.5 Å². The van der Waals surface area contributed by atoms with Crippen molar-refractivity contribution in [3.8, 4) is 0 Å². The van der Waals surface area contributed by atoms with E-state index in [1.54, 1.807) is 6.20 Å². The first-order valence-corrected chi connectivity index (χ1v) is 3.54. The zero-order chi connectivity index (χ0) is 7.40. The Bertz CT molecular complexity index is 197. The van der Waals surface area contributed by atoms with Crippen LogP contribution in [-0.2, 0) is 12.8 Å². The van der Waals surface area contributed by atoms with E-state index in [1.165, 1.54) is 5.56 Å².